The van der Waals surface area contributed by atoms with Gasteiger partial charge in [-0.25, -0.2) is 9.67 Å². The van der Waals surface area contributed by atoms with Crippen molar-refractivity contribution in [3.8, 4) is 0 Å². The lowest BCUT2D eigenvalue weighted by Gasteiger charge is -2.40. The standard InChI is InChI=1S/C19H21N7O2S/c1-24-7-4-13(23-24)18(28)25-8-5-19(11-25)6-9-26-16(20-12-21-26)15(19)22-17(27)14-3-2-10-29-14/h2-4,7,10,12,15H,5-6,8-9,11H2,1H3,(H,22,27)/t15-,19-/m1/s1. The maximum absolute atomic E-state index is 12.9. The largest absolute Gasteiger partial charge is 0.341 e. The Morgan fingerprint density at radius 1 is 1.28 bits per heavy atom. The smallest absolute Gasteiger partial charge is 0.274 e. The topological polar surface area (TPSA) is 97.9 Å². The van der Waals surface area contributed by atoms with Gasteiger partial charge in [-0.3, -0.25) is 14.3 Å². The summed E-state index contributed by atoms with van der Waals surface area (Å²) >= 11 is 1.41. The number of fused-ring (bicyclic) bond motifs is 1. The third-order valence-electron chi connectivity index (χ3n) is 5.96. The first kappa shape index (κ1) is 18.0. The van der Waals surface area contributed by atoms with E-state index in [4.69, 9.17) is 0 Å². The fourth-order valence-corrected chi connectivity index (χ4v) is 5.07. The molecule has 0 radical (unpaired) electrons. The molecule has 2 aliphatic rings. The van der Waals surface area contributed by atoms with Crippen LogP contribution in [0.1, 0.15) is 44.9 Å². The number of aryl methyl sites for hydroxylation is 2. The highest BCUT2D eigenvalue weighted by atomic mass is 32.1. The van der Waals surface area contributed by atoms with Crippen molar-refractivity contribution in [2.45, 2.75) is 25.4 Å². The highest BCUT2D eigenvalue weighted by Crippen LogP contribution is 2.47. The predicted octanol–water partition coefficient (Wildman–Crippen LogP) is 1.48. The average Bonchev–Trinajstić information content (AvgIpc) is 3.51. The number of likely N-dealkylation sites (tertiary alicyclic amines) is 1. The van der Waals surface area contributed by atoms with Crippen molar-refractivity contribution in [1.82, 2.24) is 34.8 Å². The summed E-state index contributed by atoms with van der Waals surface area (Å²) in [5.74, 6) is 0.571. The van der Waals surface area contributed by atoms with E-state index < -0.39 is 0 Å². The number of rotatable bonds is 3. The molecule has 1 saturated heterocycles. The molecule has 1 N–H and O–H groups in total. The maximum Gasteiger partial charge on any atom is 0.274 e. The van der Waals surface area contributed by atoms with Crippen LogP contribution in [0.3, 0.4) is 0 Å². The molecule has 0 aliphatic carbocycles. The van der Waals surface area contributed by atoms with E-state index in [9.17, 15) is 9.59 Å². The van der Waals surface area contributed by atoms with Gasteiger partial charge in [-0.2, -0.15) is 10.2 Å². The Morgan fingerprint density at radius 3 is 2.90 bits per heavy atom. The van der Waals surface area contributed by atoms with Gasteiger partial charge >= 0.3 is 0 Å². The number of amides is 2. The molecular weight excluding hydrogens is 390 g/mol. The van der Waals surface area contributed by atoms with Crippen molar-refractivity contribution in [2.24, 2.45) is 12.5 Å². The molecule has 29 heavy (non-hydrogen) atoms. The number of thiophene rings is 1. The molecule has 5 heterocycles. The Balaban J connectivity index is 1.43. The van der Waals surface area contributed by atoms with Crippen LogP contribution in [0.5, 0.6) is 0 Å². The zero-order chi connectivity index (χ0) is 20.0. The molecular formula is C19H21N7O2S. The summed E-state index contributed by atoms with van der Waals surface area (Å²) in [7, 11) is 1.80. The van der Waals surface area contributed by atoms with Crippen molar-refractivity contribution in [1.29, 1.82) is 0 Å². The monoisotopic (exact) mass is 411 g/mol. The summed E-state index contributed by atoms with van der Waals surface area (Å²) in [6, 6.07) is 5.11. The van der Waals surface area contributed by atoms with Gasteiger partial charge in [0.15, 0.2) is 0 Å². The van der Waals surface area contributed by atoms with Gasteiger partial charge in [0, 0.05) is 38.3 Å². The summed E-state index contributed by atoms with van der Waals surface area (Å²) in [5, 5.41) is 13.6. The number of nitrogens with zero attached hydrogens (tertiary/aromatic N) is 6. The van der Waals surface area contributed by atoms with Gasteiger partial charge in [0.2, 0.25) is 0 Å². The van der Waals surface area contributed by atoms with E-state index in [1.807, 2.05) is 27.1 Å². The first-order valence-electron chi connectivity index (χ1n) is 9.57. The van der Waals surface area contributed by atoms with Crippen LogP contribution < -0.4 is 5.32 Å². The minimum absolute atomic E-state index is 0.0714. The van der Waals surface area contributed by atoms with Crippen molar-refractivity contribution < 1.29 is 9.59 Å². The molecule has 0 bridgehead atoms. The lowest BCUT2D eigenvalue weighted by atomic mass is 9.74. The Hall–Kier alpha value is -3.01. The zero-order valence-corrected chi connectivity index (χ0v) is 16.8. The van der Waals surface area contributed by atoms with Crippen LogP contribution in [0, 0.1) is 5.41 Å². The van der Waals surface area contributed by atoms with Crippen LogP contribution in [0.2, 0.25) is 0 Å². The van der Waals surface area contributed by atoms with E-state index in [1.54, 1.807) is 24.0 Å². The summed E-state index contributed by atoms with van der Waals surface area (Å²) < 4.78 is 3.49. The van der Waals surface area contributed by atoms with Gasteiger partial charge in [0.25, 0.3) is 11.8 Å². The number of hydrogen-bond acceptors (Lipinski definition) is 6. The van der Waals surface area contributed by atoms with Crippen LogP contribution >= 0.6 is 11.3 Å². The molecule has 1 fully saturated rings. The van der Waals surface area contributed by atoms with E-state index in [2.05, 4.69) is 20.5 Å². The highest BCUT2D eigenvalue weighted by Gasteiger charge is 2.51. The Morgan fingerprint density at radius 2 is 2.14 bits per heavy atom. The molecule has 0 unspecified atom stereocenters. The van der Waals surface area contributed by atoms with Crippen LogP contribution in [0.4, 0.5) is 0 Å². The predicted molar refractivity (Wildman–Crippen MR) is 105 cm³/mol. The third kappa shape index (κ3) is 3.03. The van der Waals surface area contributed by atoms with E-state index in [1.165, 1.54) is 17.7 Å². The van der Waals surface area contributed by atoms with Gasteiger partial charge < -0.3 is 10.2 Å². The minimum Gasteiger partial charge on any atom is -0.341 e. The lowest BCUT2D eigenvalue weighted by Crippen LogP contribution is -2.48. The summed E-state index contributed by atoms with van der Waals surface area (Å²) in [5.41, 5.74) is 0.183. The molecule has 2 amide bonds. The van der Waals surface area contributed by atoms with E-state index in [0.29, 0.717) is 23.7 Å². The van der Waals surface area contributed by atoms with Gasteiger partial charge in [-0.15, -0.1) is 11.3 Å². The lowest BCUT2D eigenvalue weighted by molar-refractivity contribution is 0.0697. The molecule has 2 atom stereocenters. The van der Waals surface area contributed by atoms with E-state index >= 15 is 0 Å². The van der Waals surface area contributed by atoms with E-state index in [-0.39, 0.29) is 23.3 Å². The number of aromatic nitrogens is 5. The fraction of sp³-hybridized carbons (Fsp3) is 0.421. The molecule has 9 nitrogen and oxygen atoms in total. The molecule has 3 aromatic heterocycles. The number of carbonyl (C=O) groups is 2. The first-order chi connectivity index (χ1) is 14.1. The van der Waals surface area contributed by atoms with Gasteiger partial charge in [0.1, 0.15) is 17.8 Å². The molecule has 5 rings (SSSR count). The van der Waals surface area contributed by atoms with Crippen LogP contribution in [-0.2, 0) is 13.6 Å². The second-order valence-electron chi connectivity index (χ2n) is 7.69. The Labute approximate surface area is 171 Å². The van der Waals surface area contributed by atoms with E-state index in [0.717, 1.165) is 25.2 Å². The molecule has 2 aliphatic heterocycles. The molecule has 3 aromatic rings. The number of nitrogens with one attached hydrogen (secondary N) is 1. The normalized spacial score (nSPS) is 23.3. The van der Waals surface area contributed by atoms with Crippen molar-refractivity contribution >= 4 is 23.2 Å². The minimum atomic E-state index is -0.296. The zero-order valence-electron chi connectivity index (χ0n) is 16.0. The van der Waals surface area contributed by atoms with Crippen LogP contribution in [0.15, 0.2) is 36.1 Å². The van der Waals surface area contributed by atoms with Crippen LogP contribution in [-0.4, -0.2) is 54.3 Å². The van der Waals surface area contributed by atoms with Crippen LogP contribution in [0.25, 0.3) is 0 Å². The first-order valence-corrected chi connectivity index (χ1v) is 10.4. The molecule has 0 saturated carbocycles. The Kier molecular flexibility index (Phi) is 4.23. The van der Waals surface area contributed by atoms with Gasteiger partial charge in [-0.05, 0) is 30.4 Å². The maximum atomic E-state index is 12.9. The number of carbonyl (C=O) groups excluding carboxylic acids is 2. The molecule has 150 valence electrons. The third-order valence-corrected chi connectivity index (χ3v) is 6.83. The Bertz CT molecular complexity index is 1060. The fourth-order valence-electron chi connectivity index (χ4n) is 4.44. The second kappa shape index (κ2) is 6.80. The van der Waals surface area contributed by atoms with Gasteiger partial charge in [0.05, 0.1) is 10.9 Å². The molecule has 0 aromatic carbocycles. The van der Waals surface area contributed by atoms with Gasteiger partial charge in [-0.1, -0.05) is 6.07 Å². The number of hydrogen-bond donors (Lipinski definition) is 1. The quantitative estimate of drug-likeness (QED) is 0.704. The highest BCUT2D eigenvalue weighted by molar-refractivity contribution is 7.12. The molecule has 1 spiro atoms. The van der Waals surface area contributed by atoms with Crippen molar-refractivity contribution in [3.05, 3.63) is 52.5 Å². The van der Waals surface area contributed by atoms with Crippen molar-refractivity contribution in [3.63, 3.8) is 0 Å². The summed E-state index contributed by atoms with van der Waals surface area (Å²) in [6.07, 6.45) is 4.93. The average molecular weight is 411 g/mol. The second-order valence-corrected chi connectivity index (χ2v) is 8.64. The summed E-state index contributed by atoms with van der Waals surface area (Å²) in [6.45, 7) is 1.92. The SMILES string of the molecule is Cn1ccc(C(=O)N2CC[C@@]3(CCn4ncnc4[C@H]3NC(=O)c3cccs3)C2)n1. The summed E-state index contributed by atoms with van der Waals surface area (Å²) in [4.78, 5) is 32.7. The van der Waals surface area contributed by atoms with Crippen molar-refractivity contribution in [2.75, 3.05) is 13.1 Å². The molecule has 10 heteroatoms.